The number of hydrogen-bond donors (Lipinski definition) is 2. The van der Waals surface area contributed by atoms with Crippen LogP contribution in [0.2, 0.25) is 0 Å². The lowest BCUT2D eigenvalue weighted by atomic mass is 9.93. The zero-order chi connectivity index (χ0) is 15.9. The number of carbonyl (C=O) groups is 1. The molecule has 2 aromatic rings. The summed E-state index contributed by atoms with van der Waals surface area (Å²) in [5.74, 6) is 5.20. The number of benzene rings is 1. The van der Waals surface area contributed by atoms with Gasteiger partial charge in [0.05, 0.1) is 11.1 Å². The summed E-state index contributed by atoms with van der Waals surface area (Å²) in [7, 11) is 0. The van der Waals surface area contributed by atoms with Crippen molar-refractivity contribution in [2.24, 2.45) is 5.84 Å². The first-order valence-electron chi connectivity index (χ1n) is 7.71. The summed E-state index contributed by atoms with van der Waals surface area (Å²) < 4.78 is 0. The van der Waals surface area contributed by atoms with Gasteiger partial charge >= 0.3 is 0 Å². The van der Waals surface area contributed by atoms with Crippen LogP contribution in [0, 0.1) is 13.8 Å². The number of pyridine rings is 1. The first-order valence-corrected chi connectivity index (χ1v) is 7.71. The standard InChI is InChI=1S/C17H22N4O/c1-4-21-6-5-14-13(9-21)16(17(22)20-18)12-7-10(2)11(3)8-15(12)19-14/h7-8H,4-6,9,18H2,1-3H3,(H,20,22). The minimum atomic E-state index is -0.232. The van der Waals surface area contributed by atoms with Gasteiger partial charge < -0.3 is 0 Å². The summed E-state index contributed by atoms with van der Waals surface area (Å²) in [5.41, 5.74) is 8.26. The second kappa shape index (κ2) is 5.66. The third-order valence-corrected chi connectivity index (χ3v) is 4.64. The van der Waals surface area contributed by atoms with Gasteiger partial charge in [-0.15, -0.1) is 0 Å². The Morgan fingerprint density at radius 1 is 1.36 bits per heavy atom. The van der Waals surface area contributed by atoms with Gasteiger partial charge in [-0.25, -0.2) is 5.84 Å². The second-order valence-electron chi connectivity index (χ2n) is 5.96. The summed E-state index contributed by atoms with van der Waals surface area (Å²) >= 11 is 0. The molecule has 2 heterocycles. The summed E-state index contributed by atoms with van der Waals surface area (Å²) in [5, 5.41) is 0.891. The minimum Gasteiger partial charge on any atom is -0.299 e. The van der Waals surface area contributed by atoms with Crippen LogP contribution < -0.4 is 11.3 Å². The molecule has 0 saturated heterocycles. The molecule has 0 bridgehead atoms. The fourth-order valence-electron chi connectivity index (χ4n) is 3.16. The molecule has 3 N–H and O–H groups in total. The van der Waals surface area contributed by atoms with Crippen molar-refractivity contribution in [3.63, 3.8) is 0 Å². The van der Waals surface area contributed by atoms with Crippen molar-refractivity contribution in [2.75, 3.05) is 13.1 Å². The highest BCUT2D eigenvalue weighted by atomic mass is 16.2. The summed E-state index contributed by atoms with van der Waals surface area (Å²) in [6.07, 6.45) is 0.872. The highest BCUT2D eigenvalue weighted by Crippen LogP contribution is 2.29. The van der Waals surface area contributed by atoms with E-state index in [-0.39, 0.29) is 5.91 Å². The van der Waals surface area contributed by atoms with Crippen molar-refractivity contribution in [2.45, 2.75) is 33.7 Å². The molecule has 1 aromatic carbocycles. The van der Waals surface area contributed by atoms with Gasteiger partial charge in [-0.1, -0.05) is 6.92 Å². The number of fused-ring (bicyclic) bond motifs is 2. The van der Waals surface area contributed by atoms with E-state index in [1.807, 2.05) is 6.07 Å². The SMILES string of the molecule is CCN1CCc2nc3cc(C)c(C)cc3c(C(=O)NN)c2C1. The van der Waals surface area contributed by atoms with E-state index in [4.69, 9.17) is 10.8 Å². The normalized spacial score (nSPS) is 14.9. The number of likely N-dealkylation sites (N-methyl/N-ethyl adjacent to an activating group) is 1. The molecule has 0 radical (unpaired) electrons. The Balaban J connectivity index is 2.31. The number of amides is 1. The van der Waals surface area contributed by atoms with Crippen LogP contribution in [0.15, 0.2) is 12.1 Å². The van der Waals surface area contributed by atoms with Crippen molar-refractivity contribution in [1.82, 2.24) is 15.3 Å². The van der Waals surface area contributed by atoms with Gasteiger partial charge in [-0.3, -0.25) is 20.1 Å². The molecule has 0 spiro atoms. The number of hydrazine groups is 1. The number of nitrogen functional groups attached to an aromatic ring is 1. The summed E-state index contributed by atoms with van der Waals surface area (Å²) in [4.78, 5) is 19.5. The minimum absolute atomic E-state index is 0.232. The number of nitrogens with zero attached hydrogens (tertiary/aromatic N) is 2. The number of nitrogens with two attached hydrogens (primary N) is 1. The average Bonchev–Trinajstić information content (AvgIpc) is 2.53. The predicted octanol–water partition coefficient (Wildman–Crippen LogP) is 1.83. The van der Waals surface area contributed by atoms with Gasteiger partial charge in [0.2, 0.25) is 0 Å². The van der Waals surface area contributed by atoms with E-state index in [9.17, 15) is 4.79 Å². The molecule has 5 heteroatoms. The van der Waals surface area contributed by atoms with Crippen LogP contribution >= 0.6 is 0 Å². The molecular formula is C17H22N4O. The molecule has 0 unspecified atom stereocenters. The number of aryl methyl sites for hydroxylation is 2. The van der Waals surface area contributed by atoms with E-state index >= 15 is 0 Å². The lowest BCUT2D eigenvalue weighted by Gasteiger charge is -2.29. The van der Waals surface area contributed by atoms with Crippen LogP contribution in [-0.2, 0) is 13.0 Å². The van der Waals surface area contributed by atoms with Crippen LogP contribution in [0.1, 0.15) is 39.7 Å². The van der Waals surface area contributed by atoms with Crippen LogP contribution in [0.4, 0.5) is 0 Å². The third kappa shape index (κ3) is 2.36. The Kier molecular flexibility index (Phi) is 3.85. The smallest absolute Gasteiger partial charge is 0.266 e. The molecule has 1 aliphatic heterocycles. The molecule has 1 aliphatic rings. The quantitative estimate of drug-likeness (QED) is 0.504. The Morgan fingerprint density at radius 2 is 2.09 bits per heavy atom. The maximum Gasteiger partial charge on any atom is 0.266 e. The first-order chi connectivity index (χ1) is 10.5. The Bertz CT molecular complexity index is 754. The molecule has 0 aliphatic carbocycles. The molecule has 0 saturated carbocycles. The summed E-state index contributed by atoms with van der Waals surface area (Å²) in [6, 6.07) is 4.11. The fraction of sp³-hybridized carbons (Fsp3) is 0.412. The fourth-order valence-corrected chi connectivity index (χ4v) is 3.16. The zero-order valence-electron chi connectivity index (χ0n) is 13.4. The lowest BCUT2D eigenvalue weighted by Crippen LogP contribution is -2.36. The Hall–Kier alpha value is -1.98. The van der Waals surface area contributed by atoms with Gasteiger partial charge in [0.25, 0.3) is 5.91 Å². The third-order valence-electron chi connectivity index (χ3n) is 4.64. The number of rotatable bonds is 2. The zero-order valence-corrected chi connectivity index (χ0v) is 13.4. The van der Waals surface area contributed by atoms with E-state index < -0.39 is 0 Å². The maximum atomic E-state index is 12.4. The Morgan fingerprint density at radius 3 is 2.77 bits per heavy atom. The van der Waals surface area contributed by atoms with Gasteiger partial charge in [0, 0.05) is 36.2 Å². The molecule has 0 atom stereocenters. The van der Waals surface area contributed by atoms with Crippen LogP contribution in [0.3, 0.4) is 0 Å². The van der Waals surface area contributed by atoms with Crippen molar-refractivity contribution >= 4 is 16.8 Å². The van der Waals surface area contributed by atoms with Crippen LogP contribution in [0.25, 0.3) is 10.9 Å². The van der Waals surface area contributed by atoms with Gasteiger partial charge in [-0.2, -0.15) is 0 Å². The van der Waals surface area contributed by atoms with Crippen LogP contribution in [0.5, 0.6) is 0 Å². The molecule has 1 aromatic heterocycles. The number of carbonyl (C=O) groups excluding carboxylic acids is 1. The monoisotopic (exact) mass is 298 g/mol. The Labute approximate surface area is 130 Å². The highest BCUT2D eigenvalue weighted by Gasteiger charge is 2.25. The summed E-state index contributed by atoms with van der Waals surface area (Å²) in [6.45, 7) is 8.96. The van der Waals surface area contributed by atoms with E-state index in [1.165, 1.54) is 5.56 Å². The largest absolute Gasteiger partial charge is 0.299 e. The van der Waals surface area contributed by atoms with E-state index in [2.05, 4.69) is 37.2 Å². The van der Waals surface area contributed by atoms with E-state index in [0.717, 1.165) is 53.8 Å². The maximum absolute atomic E-state index is 12.4. The van der Waals surface area contributed by atoms with Crippen molar-refractivity contribution in [3.8, 4) is 0 Å². The van der Waals surface area contributed by atoms with E-state index in [1.54, 1.807) is 0 Å². The van der Waals surface area contributed by atoms with Crippen molar-refractivity contribution < 1.29 is 4.79 Å². The molecule has 22 heavy (non-hydrogen) atoms. The average molecular weight is 298 g/mol. The first kappa shape index (κ1) is 14.9. The molecule has 5 nitrogen and oxygen atoms in total. The van der Waals surface area contributed by atoms with E-state index in [0.29, 0.717) is 5.56 Å². The molecule has 3 rings (SSSR count). The number of aromatic nitrogens is 1. The van der Waals surface area contributed by atoms with Crippen LogP contribution in [-0.4, -0.2) is 28.9 Å². The van der Waals surface area contributed by atoms with Gasteiger partial charge in [0.15, 0.2) is 0 Å². The topological polar surface area (TPSA) is 71.2 Å². The molecule has 116 valence electrons. The molecular weight excluding hydrogens is 276 g/mol. The number of nitrogens with one attached hydrogen (secondary N) is 1. The number of hydrogen-bond acceptors (Lipinski definition) is 4. The van der Waals surface area contributed by atoms with Crippen molar-refractivity contribution in [1.29, 1.82) is 0 Å². The van der Waals surface area contributed by atoms with Gasteiger partial charge in [0.1, 0.15) is 0 Å². The second-order valence-corrected chi connectivity index (χ2v) is 5.96. The predicted molar refractivity (Wildman–Crippen MR) is 87.5 cm³/mol. The van der Waals surface area contributed by atoms with Gasteiger partial charge in [-0.05, 0) is 43.7 Å². The van der Waals surface area contributed by atoms with Crippen molar-refractivity contribution in [3.05, 3.63) is 40.1 Å². The lowest BCUT2D eigenvalue weighted by molar-refractivity contribution is 0.0952. The highest BCUT2D eigenvalue weighted by molar-refractivity contribution is 6.07. The molecule has 1 amide bonds. The molecule has 0 fully saturated rings.